The zero-order valence-electron chi connectivity index (χ0n) is 39.4. The molecule has 0 aliphatic heterocycles. The summed E-state index contributed by atoms with van der Waals surface area (Å²) in [6.45, 7) is 0. The van der Waals surface area contributed by atoms with Crippen molar-refractivity contribution in [3.05, 3.63) is 242 Å². The van der Waals surface area contributed by atoms with Gasteiger partial charge >= 0.3 is 0 Å². The molecule has 1 aromatic heterocycles. The minimum atomic E-state index is -0.484. The summed E-state index contributed by atoms with van der Waals surface area (Å²) in [7, 11) is 0. The number of para-hydroxylation sites is 3. The van der Waals surface area contributed by atoms with Gasteiger partial charge in [0.1, 0.15) is 0 Å². The number of hydrogen-bond donors (Lipinski definition) is 0. The molecule has 0 saturated heterocycles. The van der Waals surface area contributed by atoms with Gasteiger partial charge in [-0.3, -0.25) is 0 Å². The summed E-state index contributed by atoms with van der Waals surface area (Å²) >= 11 is 0. The van der Waals surface area contributed by atoms with Crippen molar-refractivity contribution in [2.24, 2.45) is 0 Å². The fourth-order valence-electron chi connectivity index (χ4n) is 8.41. The SMILES string of the molecule is [2H]c1c([2H])c([2H])c2c([2H])c(-c3ccc(-c4ccc(N(c5ccc(-c6ccccc6)cc5)c5ccccc5-c5cccc6c5c5ccccc5n6-c5ccccc5)cc4)cc3)c([2H])c([2H])c2c1[2H]. The summed E-state index contributed by atoms with van der Waals surface area (Å²) in [5.41, 5.74) is 13.3. The second-order valence-electron chi connectivity index (χ2n) is 14.8. The highest BCUT2D eigenvalue weighted by Crippen LogP contribution is 2.46. The Balaban J connectivity index is 1.02. The van der Waals surface area contributed by atoms with Gasteiger partial charge in [0.2, 0.25) is 0 Å². The molecule has 0 spiro atoms. The molecule has 0 radical (unpaired) electrons. The molecule has 0 unspecified atom stereocenters. The second kappa shape index (κ2) is 15.1. The molecule has 11 rings (SSSR count). The van der Waals surface area contributed by atoms with E-state index in [1.54, 1.807) is 12.1 Å². The molecule has 282 valence electrons. The first-order valence-corrected chi connectivity index (χ1v) is 20.0. The number of nitrogens with zero attached hydrogens (tertiary/aromatic N) is 2. The summed E-state index contributed by atoms with van der Waals surface area (Å²) in [5.74, 6) is 0. The highest BCUT2D eigenvalue weighted by molar-refractivity contribution is 6.17. The third-order valence-electron chi connectivity index (χ3n) is 11.3. The molecule has 0 saturated carbocycles. The van der Waals surface area contributed by atoms with Crippen LogP contribution >= 0.6 is 0 Å². The van der Waals surface area contributed by atoms with Gasteiger partial charge in [-0.2, -0.15) is 0 Å². The number of fused-ring (bicyclic) bond motifs is 4. The first kappa shape index (κ1) is 28.5. The van der Waals surface area contributed by atoms with Crippen LogP contribution in [0.15, 0.2) is 242 Å². The molecule has 0 atom stereocenters. The Kier molecular flexibility index (Phi) is 7.16. The number of hydrogen-bond acceptors (Lipinski definition) is 1. The van der Waals surface area contributed by atoms with Crippen LogP contribution in [0.4, 0.5) is 17.1 Å². The van der Waals surface area contributed by atoms with Gasteiger partial charge in [-0.25, -0.2) is 0 Å². The fourth-order valence-corrected chi connectivity index (χ4v) is 8.41. The first-order chi connectivity index (χ1) is 32.7. The van der Waals surface area contributed by atoms with Crippen LogP contribution in [0.25, 0.3) is 82.8 Å². The minimum absolute atomic E-state index is 0.0573. The maximum absolute atomic E-state index is 9.02. The van der Waals surface area contributed by atoms with Crippen molar-refractivity contribution in [3.63, 3.8) is 0 Å². The Bertz CT molecular complexity index is 3680. The van der Waals surface area contributed by atoms with Crippen LogP contribution in [-0.2, 0) is 0 Å². The average Bonchev–Trinajstić information content (AvgIpc) is 3.72. The van der Waals surface area contributed by atoms with E-state index < -0.39 is 18.1 Å². The third kappa shape index (κ3) is 6.32. The molecule has 10 aromatic carbocycles. The summed E-state index contributed by atoms with van der Waals surface area (Å²) in [6.07, 6.45) is 0. The van der Waals surface area contributed by atoms with Crippen LogP contribution in [0.2, 0.25) is 0 Å². The Morgan fingerprint density at radius 1 is 0.367 bits per heavy atom. The smallest absolute Gasteiger partial charge is 0.0636 e. The lowest BCUT2D eigenvalue weighted by atomic mass is 9.96. The van der Waals surface area contributed by atoms with Gasteiger partial charge in [0, 0.05) is 33.4 Å². The van der Waals surface area contributed by atoms with Crippen LogP contribution in [0.1, 0.15) is 9.60 Å². The van der Waals surface area contributed by atoms with E-state index in [0.717, 1.165) is 67.2 Å². The number of anilines is 3. The molecule has 0 aliphatic rings. The normalized spacial score (nSPS) is 13.0. The van der Waals surface area contributed by atoms with E-state index in [0.29, 0.717) is 5.56 Å². The van der Waals surface area contributed by atoms with Crippen molar-refractivity contribution in [3.8, 4) is 50.2 Å². The minimum Gasteiger partial charge on any atom is -0.310 e. The molecule has 0 amide bonds. The predicted molar refractivity (Wildman–Crippen MR) is 255 cm³/mol. The van der Waals surface area contributed by atoms with Crippen molar-refractivity contribution in [1.29, 1.82) is 0 Å². The van der Waals surface area contributed by atoms with Gasteiger partial charge in [0.25, 0.3) is 0 Å². The molecular weight excluding hydrogens is 725 g/mol. The van der Waals surface area contributed by atoms with Crippen LogP contribution in [0, 0.1) is 0 Å². The molecule has 0 fully saturated rings. The molecule has 2 heteroatoms. The lowest BCUT2D eigenvalue weighted by Crippen LogP contribution is -2.11. The monoisotopic (exact) mass is 771 g/mol. The first-order valence-electron chi connectivity index (χ1n) is 23.5. The van der Waals surface area contributed by atoms with Gasteiger partial charge in [-0.1, -0.05) is 182 Å². The summed E-state index contributed by atoms with van der Waals surface area (Å²) < 4.78 is 62.2. The van der Waals surface area contributed by atoms with Gasteiger partial charge in [0.15, 0.2) is 0 Å². The molecule has 0 bridgehead atoms. The van der Waals surface area contributed by atoms with Crippen molar-refractivity contribution in [1.82, 2.24) is 4.57 Å². The van der Waals surface area contributed by atoms with Gasteiger partial charge in [0.05, 0.1) is 26.3 Å². The summed E-state index contributed by atoms with van der Waals surface area (Å²) in [5, 5.41) is 2.18. The molecule has 60 heavy (non-hydrogen) atoms. The zero-order valence-corrected chi connectivity index (χ0v) is 32.4. The number of rotatable bonds is 8. The topological polar surface area (TPSA) is 8.17 Å². The van der Waals surface area contributed by atoms with Gasteiger partial charge in [-0.15, -0.1) is 0 Å². The van der Waals surface area contributed by atoms with E-state index in [4.69, 9.17) is 9.60 Å². The zero-order chi connectivity index (χ0) is 45.9. The van der Waals surface area contributed by atoms with Gasteiger partial charge in [-0.05, 0) is 110 Å². The Morgan fingerprint density at radius 2 is 0.883 bits per heavy atom. The summed E-state index contributed by atoms with van der Waals surface area (Å²) in [6, 6.07) is 66.7. The third-order valence-corrected chi connectivity index (χ3v) is 11.3. The highest BCUT2D eigenvalue weighted by Gasteiger charge is 2.21. The quantitative estimate of drug-likeness (QED) is 0.149. The maximum atomic E-state index is 9.02. The fraction of sp³-hybridized carbons (Fsp3) is 0. The molecule has 0 aliphatic carbocycles. The Hall–Kier alpha value is -7.94. The Morgan fingerprint density at radius 3 is 1.58 bits per heavy atom. The second-order valence-corrected chi connectivity index (χ2v) is 14.8. The molecule has 0 N–H and O–H groups in total. The van der Waals surface area contributed by atoms with Crippen molar-refractivity contribution < 1.29 is 9.60 Å². The molecular formula is C58H40N2. The van der Waals surface area contributed by atoms with Crippen molar-refractivity contribution >= 4 is 49.6 Å². The van der Waals surface area contributed by atoms with Crippen LogP contribution in [0.3, 0.4) is 0 Å². The lowest BCUT2D eigenvalue weighted by Gasteiger charge is -2.28. The van der Waals surface area contributed by atoms with Crippen molar-refractivity contribution in [2.45, 2.75) is 0 Å². The van der Waals surface area contributed by atoms with Gasteiger partial charge < -0.3 is 9.47 Å². The molecule has 1 heterocycles. The highest BCUT2D eigenvalue weighted by atomic mass is 15.1. The number of aromatic nitrogens is 1. The van der Waals surface area contributed by atoms with E-state index in [-0.39, 0.29) is 40.5 Å². The average molecular weight is 772 g/mol. The van der Waals surface area contributed by atoms with Crippen LogP contribution in [-0.4, -0.2) is 4.57 Å². The Labute approximate surface area is 360 Å². The largest absolute Gasteiger partial charge is 0.310 e. The van der Waals surface area contributed by atoms with E-state index in [9.17, 15) is 0 Å². The van der Waals surface area contributed by atoms with Crippen molar-refractivity contribution in [2.75, 3.05) is 4.90 Å². The van der Waals surface area contributed by atoms with E-state index >= 15 is 0 Å². The maximum Gasteiger partial charge on any atom is 0.0636 e. The lowest BCUT2D eigenvalue weighted by molar-refractivity contribution is 1.18. The van der Waals surface area contributed by atoms with E-state index in [1.165, 1.54) is 10.8 Å². The van der Waals surface area contributed by atoms with E-state index in [1.807, 2.05) is 24.3 Å². The van der Waals surface area contributed by atoms with Crippen LogP contribution in [0.5, 0.6) is 0 Å². The van der Waals surface area contributed by atoms with E-state index in [2.05, 4.69) is 173 Å². The predicted octanol–water partition coefficient (Wildman–Crippen LogP) is 16.1. The van der Waals surface area contributed by atoms with Crippen LogP contribution < -0.4 is 4.90 Å². The molecule has 11 aromatic rings. The summed E-state index contributed by atoms with van der Waals surface area (Å²) in [4.78, 5) is 2.31. The number of benzene rings is 10. The molecule has 2 nitrogen and oxygen atoms in total. The standard InChI is InChI=1S/C58H40N2/c1-3-14-41(15-4-1)44-32-36-50(37-33-44)59(51-38-34-45(35-39-51)43-26-28-46(29-27-43)48-31-30-42-16-7-8-17-47(42)40-48)55-23-11-9-20-52(55)53-22-13-25-57-58(53)54-21-10-12-24-56(54)60(57)49-18-5-2-6-19-49/h1-40H/i7D,8D,16D,17D,30D,31D,40D.